The van der Waals surface area contributed by atoms with E-state index in [-0.39, 0.29) is 5.91 Å². The van der Waals surface area contributed by atoms with Crippen LogP contribution in [0.15, 0.2) is 85.1 Å². The van der Waals surface area contributed by atoms with Gasteiger partial charge in [0.15, 0.2) is 11.2 Å². The Bertz CT molecular complexity index is 1680. The Morgan fingerprint density at radius 3 is 2.29 bits per heavy atom. The number of aromatic nitrogens is 5. The number of nitrogens with zero attached hydrogens (tertiary/aromatic N) is 8. The minimum atomic E-state index is -0.0855. The molecule has 3 heterocycles. The van der Waals surface area contributed by atoms with Gasteiger partial charge in [0.05, 0.1) is 11.9 Å². The van der Waals surface area contributed by atoms with E-state index in [2.05, 4.69) is 109 Å². The third-order valence-corrected chi connectivity index (χ3v) is 8.28. The predicted molar refractivity (Wildman–Crippen MR) is 178 cm³/mol. The second-order valence-electron chi connectivity index (χ2n) is 11.2. The van der Waals surface area contributed by atoms with Gasteiger partial charge in [-0.15, -0.1) is 5.10 Å². The van der Waals surface area contributed by atoms with Crippen LogP contribution in [0.4, 0.5) is 17.3 Å². The van der Waals surface area contributed by atoms with Crippen molar-refractivity contribution in [2.75, 3.05) is 62.6 Å². The molecule has 0 atom stereocenters. The highest BCUT2D eigenvalue weighted by molar-refractivity contribution is 5.94. The van der Waals surface area contributed by atoms with Crippen molar-refractivity contribution in [2.24, 2.45) is 0 Å². The van der Waals surface area contributed by atoms with Crippen LogP contribution in [0, 0.1) is 0 Å². The minimum absolute atomic E-state index is 0.0855. The fraction of sp³-hybridized carbons (Fsp3) is 0.324. The summed E-state index contributed by atoms with van der Waals surface area (Å²) < 4.78 is 1.73. The van der Waals surface area contributed by atoms with Gasteiger partial charge in [-0.05, 0) is 67.2 Å². The molecule has 1 fully saturated rings. The molecule has 11 heteroatoms. The van der Waals surface area contributed by atoms with Gasteiger partial charge in [0.1, 0.15) is 0 Å². The maximum absolute atomic E-state index is 12.6. The summed E-state index contributed by atoms with van der Waals surface area (Å²) in [6.45, 7) is 12.7. The van der Waals surface area contributed by atoms with Gasteiger partial charge in [0.2, 0.25) is 5.95 Å². The highest BCUT2D eigenvalue weighted by Crippen LogP contribution is 2.22. The van der Waals surface area contributed by atoms with Gasteiger partial charge >= 0.3 is 0 Å². The van der Waals surface area contributed by atoms with Crippen molar-refractivity contribution in [2.45, 2.75) is 20.4 Å². The molecule has 1 amide bonds. The molecule has 5 aromatic rings. The summed E-state index contributed by atoms with van der Waals surface area (Å²) in [5.74, 6) is 0.338. The Morgan fingerprint density at radius 2 is 1.58 bits per heavy atom. The predicted octanol–water partition coefficient (Wildman–Crippen LogP) is 4.35. The summed E-state index contributed by atoms with van der Waals surface area (Å²) in [6, 6.07) is 26.3. The highest BCUT2D eigenvalue weighted by atomic mass is 16.1. The van der Waals surface area contributed by atoms with E-state index in [1.807, 2.05) is 12.1 Å². The molecule has 0 unspecified atom stereocenters. The van der Waals surface area contributed by atoms with Crippen molar-refractivity contribution in [3.05, 3.63) is 96.2 Å². The molecule has 0 aliphatic carbocycles. The molecule has 1 saturated heterocycles. The van der Waals surface area contributed by atoms with Gasteiger partial charge in [-0.2, -0.15) is 9.67 Å². The Hall–Kier alpha value is -4.87. The number of nitrogens with one attached hydrogen (secondary N) is 2. The van der Waals surface area contributed by atoms with Gasteiger partial charge in [-0.1, -0.05) is 49.4 Å². The van der Waals surface area contributed by atoms with Crippen molar-refractivity contribution in [1.29, 1.82) is 0 Å². The van der Waals surface area contributed by atoms with Crippen LogP contribution in [-0.4, -0.2) is 93.0 Å². The van der Waals surface area contributed by atoms with Crippen molar-refractivity contribution in [1.82, 2.24) is 40.1 Å². The molecule has 1 aliphatic heterocycles. The first-order valence-corrected chi connectivity index (χ1v) is 15.7. The molecular formula is C34H40N10O. The average Bonchev–Trinajstić information content (AvgIpc) is 3.51. The number of benzene rings is 3. The fourth-order valence-electron chi connectivity index (χ4n) is 5.58. The van der Waals surface area contributed by atoms with E-state index in [1.54, 1.807) is 23.0 Å². The van der Waals surface area contributed by atoms with Crippen LogP contribution in [0.2, 0.25) is 0 Å². The Kier molecular flexibility index (Phi) is 9.57. The van der Waals surface area contributed by atoms with E-state index in [4.69, 9.17) is 4.98 Å². The van der Waals surface area contributed by atoms with Crippen LogP contribution in [0.1, 0.15) is 29.8 Å². The first-order valence-electron chi connectivity index (χ1n) is 15.7. The maximum Gasteiger partial charge on any atom is 0.251 e. The van der Waals surface area contributed by atoms with Crippen LogP contribution < -0.4 is 15.5 Å². The number of rotatable bonds is 12. The van der Waals surface area contributed by atoms with Crippen LogP contribution in [0.25, 0.3) is 16.9 Å². The largest absolute Gasteiger partial charge is 0.369 e. The molecule has 0 saturated carbocycles. The first-order chi connectivity index (χ1) is 22.1. The molecule has 3 aromatic carbocycles. The molecule has 0 bridgehead atoms. The third kappa shape index (κ3) is 7.44. The molecule has 45 heavy (non-hydrogen) atoms. The second kappa shape index (κ2) is 14.3. The summed E-state index contributed by atoms with van der Waals surface area (Å²) in [4.78, 5) is 28.9. The van der Waals surface area contributed by atoms with Crippen LogP contribution in [-0.2, 0) is 6.54 Å². The number of hydrogen-bond donors (Lipinski definition) is 2. The monoisotopic (exact) mass is 604 g/mol. The van der Waals surface area contributed by atoms with E-state index in [0.29, 0.717) is 29.2 Å². The lowest BCUT2D eigenvalue weighted by atomic mass is 10.2. The zero-order valence-electron chi connectivity index (χ0n) is 25.9. The Morgan fingerprint density at radius 1 is 0.867 bits per heavy atom. The summed E-state index contributed by atoms with van der Waals surface area (Å²) in [5.41, 5.74) is 6.04. The van der Waals surface area contributed by atoms with Crippen molar-refractivity contribution >= 4 is 34.4 Å². The summed E-state index contributed by atoms with van der Waals surface area (Å²) >= 11 is 0. The van der Waals surface area contributed by atoms with Crippen LogP contribution in [0.5, 0.6) is 0 Å². The van der Waals surface area contributed by atoms with Crippen molar-refractivity contribution in [3.63, 3.8) is 0 Å². The SMILES string of the molecule is CCN(CC)CCNC(=O)c1ccc(Nc2ncc3nnn(-c4ccc(N5CCN(Cc6ccccc6)CC5)cc4)c3n2)cc1. The normalized spacial score (nSPS) is 13.8. The first kappa shape index (κ1) is 30.2. The number of hydrogen-bond acceptors (Lipinski definition) is 9. The molecule has 1 aliphatic rings. The molecule has 6 rings (SSSR count). The molecule has 11 nitrogen and oxygen atoms in total. The topological polar surface area (TPSA) is 107 Å². The zero-order valence-corrected chi connectivity index (χ0v) is 25.9. The quantitative estimate of drug-likeness (QED) is 0.215. The molecule has 2 N–H and O–H groups in total. The number of fused-ring (bicyclic) bond motifs is 1. The smallest absolute Gasteiger partial charge is 0.251 e. The number of amides is 1. The van der Waals surface area contributed by atoms with E-state index in [0.717, 1.165) is 63.7 Å². The van der Waals surface area contributed by atoms with Crippen molar-refractivity contribution < 1.29 is 4.79 Å². The second-order valence-corrected chi connectivity index (χ2v) is 11.2. The van der Waals surface area contributed by atoms with Crippen LogP contribution in [0.3, 0.4) is 0 Å². The maximum atomic E-state index is 12.6. The molecular weight excluding hydrogens is 564 g/mol. The van der Waals surface area contributed by atoms with E-state index >= 15 is 0 Å². The number of anilines is 3. The Balaban J connectivity index is 1.06. The van der Waals surface area contributed by atoms with Crippen molar-refractivity contribution in [3.8, 4) is 5.69 Å². The summed E-state index contributed by atoms with van der Waals surface area (Å²) in [5, 5.41) is 14.8. The number of piperazine rings is 1. The molecule has 0 spiro atoms. The number of likely N-dealkylation sites (N-methyl/N-ethyl adjacent to an activating group) is 1. The lowest BCUT2D eigenvalue weighted by Gasteiger charge is -2.36. The summed E-state index contributed by atoms with van der Waals surface area (Å²) in [7, 11) is 0. The average molecular weight is 605 g/mol. The fourth-order valence-corrected chi connectivity index (χ4v) is 5.58. The van der Waals surface area contributed by atoms with Gasteiger partial charge < -0.3 is 20.4 Å². The van der Waals surface area contributed by atoms with Gasteiger partial charge in [0.25, 0.3) is 5.91 Å². The van der Waals surface area contributed by atoms with E-state index < -0.39 is 0 Å². The lowest BCUT2D eigenvalue weighted by molar-refractivity contribution is 0.0949. The van der Waals surface area contributed by atoms with E-state index in [1.165, 1.54) is 11.3 Å². The van der Waals surface area contributed by atoms with Gasteiger partial charge in [-0.3, -0.25) is 9.69 Å². The highest BCUT2D eigenvalue weighted by Gasteiger charge is 2.18. The van der Waals surface area contributed by atoms with Gasteiger partial charge in [0, 0.05) is 62.8 Å². The Labute approximate surface area is 263 Å². The standard InChI is InChI=1S/C34H40N10O/c1-3-41(4-2)19-18-35-33(45)27-10-12-28(13-11-27)37-34-36-24-31-32(38-34)44(40-39-31)30-16-14-29(15-17-30)43-22-20-42(21-23-43)25-26-8-6-5-7-9-26/h5-17,24H,3-4,18-23,25H2,1-2H3,(H,35,45)(H,36,37,38). The summed E-state index contributed by atoms with van der Waals surface area (Å²) in [6.07, 6.45) is 1.66. The minimum Gasteiger partial charge on any atom is -0.369 e. The lowest BCUT2D eigenvalue weighted by Crippen LogP contribution is -2.45. The molecule has 2 aromatic heterocycles. The number of carbonyl (C=O) groups excluding carboxylic acids is 1. The van der Waals surface area contributed by atoms with Crippen LogP contribution >= 0.6 is 0 Å². The zero-order chi connectivity index (χ0) is 31.0. The van der Waals surface area contributed by atoms with Gasteiger partial charge in [-0.25, -0.2) is 4.98 Å². The molecule has 0 radical (unpaired) electrons. The van der Waals surface area contributed by atoms with E-state index in [9.17, 15) is 4.79 Å². The number of carbonyl (C=O) groups is 1. The molecule has 232 valence electrons. The third-order valence-electron chi connectivity index (χ3n) is 8.28.